The molecule has 2 saturated heterocycles. The molecule has 0 unspecified atom stereocenters. The first-order valence-corrected chi connectivity index (χ1v) is 6.58. The zero-order chi connectivity index (χ0) is 13.8. The molecule has 0 aliphatic carbocycles. The number of amides is 3. The van der Waals surface area contributed by atoms with Gasteiger partial charge in [-0.3, -0.25) is 9.59 Å². The molecule has 7 heteroatoms. The topological polar surface area (TPSA) is 89.9 Å². The van der Waals surface area contributed by atoms with E-state index in [1.165, 1.54) is 0 Å². The fourth-order valence-electron chi connectivity index (χ4n) is 2.58. The van der Waals surface area contributed by atoms with E-state index in [-0.39, 0.29) is 30.8 Å². The summed E-state index contributed by atoms with van der Waals surface area (Å²) in [6.45, 7) is 2.32. The number of likely N-dealkylation sites (tertiary alicyclic amines) is 1. The fraction of sp³-hybridized carbons (Fsp3) is 0.750. The van der Waals surface area contributed by atoms with E-state index in [1.54, 1.807) is 9.80 Å². The molecule has 2 heterocycles. The van der Waals surface area contributed by atoms with Crippen LogP contribution in [0.25, 0.3) is 0 Å². The van der Waals surface area contributed by atoms with E-state index in [0.717, 1.165) is 12.8 Å². The van der Waals surface area contributed by atoms with Crippen molar-refractivity contribution in [3.05, 3.63) is 0 Å². The van der Waals surface area contributed by atoms with E-state index in [1.807, 2.05) is 0 Å². The Bertz CT molecular complexity index is 377. The summed E-state index contributed by atoms with van der Waals surface area (Å²) in [6, 6.07) is -0.108. The van der Waals surface area contributed by atoms with Gasteiger partial charge in [-0.15, -0.1) is 0 Å². The Kier molecular flexibility index (Phi) is 4.24. The van der Waals surface area contributed by atoms with Gasteiger partial charge in [-0.05, 0) is 18.8 Å². The molecule has 0 spiro atoms. The molecule has 0 atom stereocenters. The first-order chi connectivity index (χ1) is 9.06. The van der Waals surface area contributed by atoms with Crippen molar-refractivity contribution < 1.29 is 19.5 Å². The van der Waals surface area contributed by atoms with Gasteiger partial charge in [-0.25, -0.2) is 4.79 Å². The molecule has 0 aromatic heterocycles. The number of carboxylic acid groups (broad SMARTS) is 1. The number of nitrogens with one attached hydrogen (secondary N) is 1. The van der Waals surface area contributed by atoms with Crippen LogP contribution < -0.4 is 5.32 Å². The molecule has 0 aromatic carbocycles. The van der Waals surface area contributed by atoms with E-state index in [0.29, 0.717) is 26.2 Å². The number of piperazine rings is 1. The number of aliphatic carboxylic acids is 1. The second-order valence-electron chi connectivity index (χ2n) is 5.08. The van der Waals surface area contributed by atoms with Crippen LogP contribution in [0.2, 0.25) is 0 Å². The molecular weight excluding hydrogens is 250 g/mol. The lowest BCUT2D eigenvalue weighted by Crippen LogP contribution is -2.55. The number of carboxylic acids is 1. The third kappa shape index (κ3) is 3.59. The maximum absolute atomic E-state index is 12.2. The summed E-state index contributed by atoms with van der Waals surface area (Å²) < 4.78 is 0. The smallest absolute Gasteiger partial charge is 0.320 e. The first-order valence-electron chi connectivity index (χ1n) is 6.58. The Morgan fingerprint density at radius 2 is 1.89 bits per heavy atom. The maximum Gasteiger partial charge on any atom is 0.320 e. The average molecular weight is 269 g/mol. The molecule has 0 bridgehead atoms. The molecule has 2 fully saturated rings. The van der Waals surface area contributed by atoms with Gasteiger partial charge in [-0.1, -0.05) is 0 Å². The van der Waals surface area contributed by atoms with E-state index in [2.05, 4.69) is 5.32 Å². The predicted molar refractivity (Wildman–Crippen MR) is 66.5 cm³/mol. The van der Waals surface area contributed by atoms with Crippen LogP contribution in [0, 0.1) is 5.92 Å². The number of carbonyl (C=O) groups excluding carboxylic acids is 2. The number of urea groups is 1. The third-order valence-electron chi connectivity index (χ3n) is 3.66. The highest BCUT2D eigenvalue weighted by Crippen LogP contribution is 2.21. The average Bonchev–Trinajstić information content (AvgIpc) is 2.38. The number of piperidine rings is 1. The van der Waals surface area contributed by atoms with E-state index in [9.17, 15) is 14.4 Å². The molecule has 0 aromatic rings. The van der Waals surface area contributed by atoms with Gasteiger partial charge < -0.3 is 20.2 Å². The van der Waals surface area contributed by atoms with Crippen molar-refractivity contribution in [2.75, 3.05) is 32.7 Å². The summed E-state index contributed by atoms with van der Waals surface area (Å²) in [4.78, 5) is 37.3. The van der Waals surface area contributed by atoms with Crippen molar-refractivity contribution in [1.29, 1.82) is 0 Å². The van der Waals surface area contributed by atoms with Crippen LogP contribution in [0.5, 0.6) is 0 Å². The van der Waals surface area contributed by atoms with Crippen LogP contribution in [0.3, 0.4) is 0 Å². The summed E-state index contributed by atoms with van der Waals surface area (Å²) in [5.74, 6) is -0.746. The molecule has 106 valence electrons. The Balaban J connectivity index is 1.82. The molecule has 2 aliphatic rings. The second-order valence-corrected chi connectivity index (χ2v) is 5.08. The van der Waals surface area contributed by atoms with Gasteiger partial charge in [0.15, 0.2) is 0 Å². The van der Waals surface area contributed by atoms with Crippen LogP contribution in [0.4, 0.5) is 4.79 Å². The lowest BCUT2D eigenvalue weighted by Gasteiger charge is -2.36. The zero-order valence-electron chi connectivity index (χ0n) is 10.8. The van der Waals surface area contributed by atoms with Crippen molar-refractivity contribution >= 4 is 17.9 Å². The van der Waals surface area contributed by atoms with Gasteiger partial charge in [-0.2, -0.15) is 0 Å². The summed E-state index contributed by atoms with van der Waals surface area (Å²) >= 11 is 0. The van der Waals surface area contributed by atoms with Crippen LogP contribution in [-0.4, -0.2) is 65.5 Å². The van der Waals surface area contributed by atoms with Crippen LogP contribution in [0.15, 0.2) is 0 Å². The standard InChI is InChI=1S/C12H19N3O4/c16-10-8-15(6-3-13-10)12(19)14-4-1-9(2-5-14)7-11(17)18/h9H,1-8H2,(H,13,16)(H,17,18). The molecule has 2 aliphatic heterocycles. The number of rotatable bonds is 2. The van der Waals surface area contributed by atoms with E-state index >= 15 is 0 Å². The van der Waals surface area contributed by atoms with Crippen LogP contribution in [-0.2, 0) is 9.59 Å². The first kappa shape index (κ1) is 13.6. The van der Waals surface area contributed by atoms with Gasteiger partial charge >= 0.3 is 12.0 Å². The lowest BCUT2D eigenvalue weighted by molar-refractivity contribution is -0.138. The highest BCUT2D eigenvalue weighted by Gasteiger charge is 2.29. The Morgan fingerprint density at radius 3 is 2.47 bits per heavy atom. The lowest BCUT2D eigenvalue weighted by atomic mass is 9.94. The van der Waals surface area contributed by atoms with Gasteiger partial charge in [0.1, 0.15) is 6.54 Å². The van der Waals surface area contributed by atoms with Gasteiger partial charge in [0.2, 0.25) is 5.91 Å². The van der Waals surface area contributed by atoms with Gasteiger partial charge in [0, 0.05) is 32.6 Å². The van der Waals surface area contributed by atoms with E-state index < -0.39 is 5.97 Å². The molecule has 2 rings (SSSR count). The minimum atomic E-state index is -0.780. The number of hydrogen-bond acceptors (Lipinski definition) is 3. The molecule has 7 nitrogen and oxygen atoms in total. The fourth-order valence-corrected chi connectivity index (χ4v) is 2.58. The normalized spacial score (nSPS) is 21.2. The Morgan fingerprint density at radius 1 is 1.21 bits per heavy atom. The molecule has 0 radical (unpaired) electrons. The monoisotopic (exact) mass is 269 g/mol. The molecule has 2 N–H and O–H groups in total. The molecular formula is C12H19N3O4. The Labute approximate surface area is 111 Å². The SMILES string of the molecule is O=C(O)CC1CCN(C(=O)N2CCNC(=O)C2)CC1. The minimum Gasteiger partial charge on any atom is -0.481 e. The third-order valence-corrected chi connectivity index (χ3v) is 3.66. The van der Waals surface area contributed by atoms with Crippen molar-refractivity contribution in [1.82, 2.24) is 15.1 Å². The zero-order valence-corrected chi connectivity index (χ0v) is 10.8. The van der Waals surface area contributed by atoms with Crippen LogP contribution in [0.1, 0.15) is 19.3 Å². The molecule has 0 saturated carbocycles. The molecule has 3 amide bonds. The van der Waals surface area contributed by atoms with E-state index in [4.69, 9.17) is 5.11 Å². The van der Waals surface area contributed by atoms with Crippen molar-refractivity contribution in [2.24, 2.45) is 5.92 Å². The van der Waals surface area contributed by atoms with Crippen molar-refractivity contribution in [3.8, 4) is 0 Å². The maximum atomic E-state index is 12.2. The second kappa shape index (κ2) is 5.90. The quantitative estimate of drug-likeness (QED) is 0.721. The Hall–Kier alpha value is -1.79. The predicted octanol–water partition coefficient (Wildman–Crippen LogP) is -0.275. The summed E-state index contributed by atoms with van der Waals surface area (Å²) in [5, 5.41) is 11.4. The van der Waals surface area contributed by atoms with Crippen molar-refractivity contribution in [2.45, 2.75) is 19.3 Å². The number of carbonyl (C=O) groups is 3. The largest absolute Gasteiger partial charge is 0.481 e. The highest BCUT2D eigenvalue weighted by atomic mass is 16.4. The van der Waals surface area contributed by atoms with Crippen molar-refractivity contribution in [3.63, 3.8) is 0 Å². The number of nitrogens with zero attached hydrogens (tertiary/aromatic N) is 2. The summed E-state index contributed by atoms with van der Waals surface area (Å²) in [5.41, 5.74) is 0. The molecule has 19 heavy (non-hydrogen) atoms. The summed E-state index contributed by atoms with van der Waals surface area (Å²) in [7, 11) is 0. The van der Waals surface area contributed by atoms with Gasteiger partial charge in [0.25, 0.3) is 0 Å². The van der Waals surface area contributed by atoms with Gasteiger partial charge in [0.05, 0.1) is 0 Å². The number of hydrogen-bond donors (Lipinski definition) is 2. The van der Waals surface area contributed by atoms with Crippen LogP contribution >= 0.6 is 0 Å². The summed E-state index contributed by atoms with van der Waals surface area (Å²) in [6.07, 6.45) is 1.62. The minimum absolute atomic E-state index is 0.108. The highest BCUT2D eigenvalue weighted by molar-refractivity contribution is 5.85.